The van der Waals surface area contributed by atoms with Gasteiger partial charge < -0.3 is 20.9 Å². The Morgan fingerprint density at radius 3 is 1.54 bits per heavy atom. The van der Waals surface area contributed by atoms with Crippen LogP contribution in [0.2, 0.25) is 0 Å². The van der Waals surface area contributed by atoms with E-state index in [2.05, 4.69) is 37.5 Å². The van der Waals surface area contributed by atoms with Crippen molar-refractivity contribution in [3.8, 4) is 35.2 Å². The first-order valence-corrected chi connectivity index (χ1v) is 12.6. The van der Waals surface area contributed by atoms with Crippen LogP contribution in [0.4, 0.5) is 9.59 Å². The molecule has 2 unspecified atom stereocenters. The summed E-state index contributed by atoms with van der Waals surface area (Å²) in [5.41, 5.74) is 12.0. The first kappa shape index (κ1) is 27.7. The van der Waals surface area contributed by atoms with Crippen LogP contribution in [0.25, 0.3) is 0 Å². The van der Waals surface area contributed by atoms with Gasteiger partial charge in [-0.1, -0.05) is 74.9 Å². The van der Waals surface area contributed by atoms with Gasteiger partial charge in [-0.2, -0.15) is 0 Å². The number of benzene rings is 2. The second kappa shape index (κ2) is 15.4. The normalized spacial score (nSPS) is 11.7. The van der Waals surface area contributed by atoms with Crippen molar-refractivity contribution in [1.82, 2.24) is 0 Å². The highest BCUT2D eigenvalue weighted by Crippen LogP contribution is 2.45. The standard InChI is InChI=1S/C28H32N2O4S/c1-3-5-7-9-19-25(21-15-11-13-17-23(21)33-27(29)31)35-26(20-10-8-6-4-2)22-16-12-14-18-24(22)34-28(30)32/h11-18,25-26H,3-8H2,1-2H3,(H2,29,31)(H2,30,32). The summed E-state index contributed by atoms with van der Waals surface area (Å²) in [5.74, 6) is 13.9. The molecular weight excluding hydrogens is 460 g/mol. The van der Waals surface area contributed by atoms with Crippen molar-refractivity contribution in [2.45, 2.75) is 62.9 Å². The average molecular weight is 493 g/mol. The summed E-state index contributed by atoms with van der Waals surface area (Å²) >= 11 is 1.48. The van der Waals surface area contributed by atoms with E-state index in [-0.39, 0.29) is 10.5 Å². The smallest absolute Gasteiger partial charge is 0.409 e. The third-order valence-corrected chi connectivity index (χ3v) is 6.16. The molecule has 0 saturated heterocycles. The Balaban J connectivity index is 2.53. The van der Waals surface area contributed by atoms with E-state index in [9.17, 15) is 9.59 Å². The van der Waals surface area contributed by atoms with Crippen molar-refractivity contribution >= 4 is 23.9 Å². The number of primary amides is 2. The Bertz CT molecular complexity index is 1020. The van der Waals surface area contributed by atoms with Gasteiger partial charge in [-0.3, -0.25) is 0 Å². The summed E-state index contributed by atoms with van der Waals surface area (Å²) in [6.45, 7) is 4.23. The van der Waals surface area contributed by atoms with Crippen molar-refractivity contribution in [1.29, 1.82) is 0 Å². The molecule has 2 amide bonds. The van der Waals surface area contributed by atoms with Gasteiger partial charge in [0, 0.05) is 24.0 Å². The number of hydrogen-bond acceptors (Lipinski definition) is 5. The van der Waals surface area contributed by atoms with Crippen LogP contribution in [0, 0.1) is 23.7 Å². The van der Waals surface area contributed by atoms with Crippen LogP contribution in [0.5, 0.6) is 11.5 Å². The van der Waals surface area contributed by atoms with Gasteiger partial charge in [0.05, 0.1) is 10.5 Å². The summed E-state index contributed by atoms with van der Waals surface area (Å²) in [5, 5.41) is -0.760. The molecule has 7 heteroatoms. The fourth-order valence-electron chi connectivity index (χ4n) is 3.16. The minimum atomic E-state index is -0.892. The quantitative estimate of drug-likeness (QED) is 0.291. The molecule has 0 radical (unpaired) electrons. The molecule has 0 heterocycles. The first-order valence-electron chi connectivity index (χ1n) is 11.7. The van der Waals surface area contributed by atoms with Crippen molar-refractivity contribution in [3.63, 3.8) is 0 Å². The molecule has 0 aliphatic carbocycles. The Kier molecular flexibility index (Phi) is 12.2. The maximum atomic E-state index is 11.5. The van der Waals surface area contributed by atoms with Crippen molar-refractivity contribution < 1.29 is 19.1 Å². The molecule has 0 aliphatic rings. The highest BCUT2D eigenvalue weighted by atomic mass is 32.2. The number of carbonyl (C=O) groups excluding carboxylic acids is 2. The number of thioether (sulfide) groups is 1. The maximum Gasteiger partial charge on any atom is 0.409 e. The molecule has 35 heavy (non-hydrogen) atoms. The van der Waals surface area contributed by atoms with Crippen molar-refractivity contribution in [2.24, 2.45) is 11.5 Å². The number of amides is 2. The van der Waals surface area contributed by atoms with Gasteiger partial charge in [0.1, 0.15) is 11.5 Å². The minimum Gasteiger partial charge on any atom is -0.410 e. The SMILES string of the molecule is CCCCC#CC(SC(C#CCCCC)c1ccccc1OC(N)=O)c1ccccc1OC(N)=O. The number of hydrogen-bond donors (Lipinski definition) is 2. The molecule has 0 spiro atoms. The molecular formula is C28H32N2O4S. The molecule has 0 aromatic heterocycles. The number of rotatable bonds is 10. The van der Waals surface area contributed by atoms with Gasteiger partial charge in [0.25, 0.3) is 0 Å². The summed E-state index contributed by atoms with van der Waals surface area (Å²) in [6.07, 6.45) is 3.77. The number of nitrogens with two attached hydrogens (primary N) is 2. The van der Waals surface area contributed by atoms with E-state index in [1.807, 2.05) is 24.3 Å². The molecule has 2 aromatic rings. The minimum absolute atomic E-state index is 0.349. The van der Waals surface area contributed by atoms with Gasteiger partial charge in [-0.05, 0) is 25.0 Å². The summed E-state index contributed by atoms with van der Waals surface area (Å²) in [6, 6.07) is 14.3. The Morgan fingerprint density at radius 1 is 0.771 bits per heavy atom. The number of carbonyl (C=O) groups is 2. The highest BCUT2D eigenvalue weighted by Gasteiger charge is 2.24. The number of para-hydroxylation sites is 2. The zero-order valence-electron chi connectivity index (χ0n) is 20.2. The maximum absolute atomic E-state index is 11.5. The lowest BCUT2D eigenvalue weighted by Gasteiger charge is -2.20. The predicted molar refractivity (Wildman–Crippen MR) is 141 cm³/mol. The molecule has 2 aromatic carbocycles. The fourth-order valence-corrected chi connectivity index (χ4v) is 4.42. The van der Waals surface area contributed by atoms with E-state index in [0.29, 0.717) is 22.6 Å². The van der Waals surface area contributed by atoms with Crippen LogP contribution >= 0.6 is 11.8 Å². The lowest BCUT2D eigenvalue weighted by molar-refractivity contribution is 0.209. The van der Waals surface area contributed by atoms with Crippen LogP contribution in [0.1, 0.15) is 74.0 Å². The molecule has 2 atom stereocenters. The lowest BCUT2D eigenvalue weighted by atomic mass is 10.1. The van der Waals surface area contributed by atoms with Crippen LogP contribution in [-0.4, -0.2) is 12.2 Å². The zero-order chi connectivity index (χ0) is 25.5. The average Bonchev–Trinajstić information content (AvgIpc) is 2.83. The van der Waals surface area contributed by atoms with Crippen molar-refractivity contribution in [2.75, 3.05) is 0 Å². The molecule has 0 bridgehead atoms. The number of ether oxygens (including phenoxy) is 2. The van der Waals surface area contributed by atoms with Gasteiger partial charge in [0.15, 0.2) is 0 Å². The summed E-state index contributed by atoms with van der Waals surface area (Å²) < 4.78 is 10.5. The van der Waals surface area contributed by atoms with Crippen LogP contribution in [0.15, 0.2) is 48.5 Å². The van der Waals surface area contributed by atoms with Crippen LogP contribution in [0.3, 0.4) is 0 Å². The van der Waals surface area contributed by atoms with E-state index >= 15 is 0 Å². The van der Waals surface area contributed by atoms with Gasteiger partial charge >= 0.3 is 12.2 Å². The highest BCUT2D eigenvalue weighted by molar-refractivity contribution is 8.00. The lowest BCUT2D eigenvalue weighted by Crippen LogP contribution is -2.18. The third kappa shape index (κ3) is 9.68. The first-order chi connectivity index (χ1) is 17.0. The summed E-state index contributed by atoms with van der Waals surface area (Å²) in [4.78, 5) is 23.0. The van der Waals surface area contributed by atoms with Crippen LogP contribution in [-0.2, 0) is 0 Å². The van der Waals surface area contributed by atoms with E-state index in [4.69, 9.17) is 20.9 Å². The van der Waals surface area contributed by atoms with Gasteiger partial charge in [0.2, 0.25) is 0 Å². The molecule has 0 fully saturated rings. The largest absolute Gasteiger partial charge is 0.410 e. The molecule has 2 rings (SSSR count). The van der Waals surface area contributed by atoms with E-state index in [1.165, 1.54) is 11.8 Å². The van der Waals surface area contributed by atoms with Gasteiger partial charge in [-0.15, -0.1) is 23.6 Å². The summed E-state index contributed by atoms with van der Waals surface area (Å²) in [7, 11) is 0. The van der Waals surface area contributed by atoms with E-state index < -0.39 is 12.2 Å². The Morgan fingerprint density at radius 2 is 1.17 bits per heavy atom. The van der Waals surface area contributed by atoms with Crippen molar-refractivity contribution in [3.05, 3.63) is 59.7 Å². The topological polar surface area (TPSA) is 105 Å². The van der Waals surface area contributed by atoms with E-state index in [0.717, 1.165) is 38.5 Å². The second-order valence-electron chi connectivity index (χ2n) is 7.66. The Labute approximate surface area is 212 Å². The Hall–Kier alpha value is -3.55. The fraction of sp³-hybridized carbons (Fsp3) is 0.357. The number of unbranched alkanes of at least 4 members (excludes halogenated alkanes) is 4. The molecule has 4 N–H and O–H groups in total. The second-order valence-corrected chi connectivity index (χ2v) is 8.88. The molecule has 0 saturated carbocycles. The molecule has 184 valence electrons. The monoisotopic (exact) mass is 492 g/mol. The predicted octanol–water partition coefficient (Wildman–Crippen LogP) is 6.50. The van der Waals surface area contributed by atoms with Crippen LogP contribution < -0.4 is 20.9 Å². The third-order valence-electron chi connectivity index (χ3n) is 4.87. The molecule has 0 aliphatic heterocycles. The van der Waals surface area contributed by atoms with Gasteiger partial charge in [-0.25, -0.2) is 9.59 Å². The zero-order valence-corrected chi connectivity index (χ0v) is 21.0. The van der Waals surface area contributed by atoms with E-state index in [1.54, 1.807) is 24.3 Å². The molecule has 6 nitrogen and oxygen atoms in total.